The van der Waals surface area contributed by atoms with E-state index in [1.165, 1.54) is 18.2 Å². The quantitative estimate of drug-likeness (QED) is 0.211. The van der Waals surface area contributed by atoms with Gasteiger partial charge in [0.15, 0.2) is 0 Å². The van der Waals surface area contributed by atoms with Crippen LogP contribution in [-0.2, 0) is 18.3 Å². The number of nitrogens with one attached hydrogen (secondary N) is 1. The molecule has 6 nitrogen and oxygen atoms in total. The van der Waals surface area contributed by atoms with E-state index in [1.54, 1.807) is 53.2 Å². The molecule has 1 saturated carbocycles. The average Bonchev–Trinajstić information content (AvgIpc) is 3.68. The van der Waals surface area contributed by atoms with Crippen molar-refractivity contribution in [3.63, 3.8) is 0 Å². The van der Waals surface area contributed by atoms with Crippen molar-refractivity contribution in [1.82, 2.24) is 9.88 Å². The molecule has 4 aromatic carbocycles. The smallest absolute Gasteiger partial charge is 0.416 e. The number of benzene rings is 4. The molecule has 0 aliphatic heterocycles. The van der Waals surface area contributed by atoms with Crippen molar-refractivity contribution in [2.24, 2.45) is 0 Å². The molecule has 0 spiro atoms. The van der Waals surface area contributed by atoms with Crippen LogP contribution in [0.5, 0.6) is 0 Å². The zero-order chi connectivity index (χ0) is 30.4. The molecule has 0 bridgehead atoms. The molecule has 0 unspecified atom stereocenters. The molecule has 9 heteroatoms. The van der Waals surface area contributed by atoms with E-state index in [2.05, 4.69) is 11.4 Å². The van der Waals surface area contributed by atoms with Crippen molar-refractivity contribution in [3.8, 4) is 17.2 Å². The summed E-state index contributed by atoms with van der Waals surface area (Å²) in [5, 5.41) is 22.5. The first kappa shape index (κ1) is 27.8. The molecule has 5 aromatic rings. The van der Waals surface area contributed by atoms with Crippen molar-refractivity contribution >= 4 is 22.8 Å². The van der Waals surface area contributed by atoms with E-state index in [4.69, 9.17) is 0 Å². The Balaban J connectivity index is 1.42. The van der Waals surface area contributed by atoms with Crippen molar-refractivity contribution < 1.29 is 27.9 Å². The van der Waals surface area contributed by atoms with Crippen LogP contribution in [0.1, 0.15) is 55.8 Å². The fourth-order valence-corrected chi connectivity index (χ4v) is 5.46. The Morgan fingerprint density at radius 1 is 0.930 bits per heavy atom. The lowest BCUT2D eigenvalue weighted by molar-refractivity contribution is -0.137. The number of hydrogen-bond acceptors (Lipinski definition) is 3. The van der Waals surface area contributed by atoms with Gasteiger partial charge in [0.1, 0.15) is 0 Å². The number of nitrogens with zero attached hydrogens (tertiary/aromatic N) is 2. The van der Waals surface area contributed by atoms with E-state index in [9.17, 15) is 33.1 Å². The molecule has 0 radical (unpaired) electrons. The van der Waals surface area contributed by atoms with Gasteiger partial charge in [-0.25, -0.2) is 4.79 Å². The Labute approximate surface area is 244 Å². The molecular weight excluding hydrogens is 555 g/mol. The topological polar surface area (TPSA) is 95.1 Å². The summed E-state index contributed by atoms with van der Waals surface area (Å²) < 4.78 is 41.9. The Morgan fingerprint density at radius 2 is 1.67 bits per heavy atom. The second-order valence-electron chi connectivity index (χ2n) is 10.7. The summed E-state index contributed by atoms with van der Waals surface area (Å²) in [6.45, 7) is 0.110. The first-order valence-corrected chi connectivity index (χ1v) is 13.5. The molecule has 2 N–H and O–H groups in total. The van der Waals surface area contributed by atoms with Crippen LogP contribution >= 0.6 is 0 Å². The molecule has 6 rings (SSSR count). The number of halogens is 3. The lowest BCUT2D eigenvalue weighted by Crippen LogP contribution is -2.35. The predicted octanol–water partition coefficient (Wildman–Crippen LogP) is 7.36. The van der Waals surface area contributed by atoms with Crippen LogP contribution in [0.25, 0.3) is 22.0 Å². The van der Waals surface area contributed by atoms with Crippen molar-refractivity contribution in [3.05, 3.63) is 131 Å². The monoisotopic (exact) mass is 579 g/mol. The molecule has 1 amide bonds. The van der Waals surface area contributed by atoms with Crippen LogP contribution in [0.4, 0.5) is 13.2 Å². The zero-order valence-corrected chi connectivity index (χ0v) is 22.7. The highest BCUT2D eigenvalue weighted by molar-refractivity contribution is 6.08. The summed E-state index contributed by atoms with van der Waals surface area (Å²) in [7, 11) is 0. The predicted molar refractivity (Wildman–Crippen MR) is 154 cm³/mol. The number of carboxylic acids is 1. The third-order valence-corrected chi connectivity index (χ3v) is 7.82. The van der Waals surface area contributed by atoms with Gasteiger partial charge in [0, 0.05) is 18.1 Å². The molecule has 214 valence electrons. The Hall–Kier alpha value is -5.36. The molecular formula is C34H24F3N3O3. The first-order valence-electron chi connectivity index (χ1n) is 13.5. The normalized spacial score (nSPS) is 13.8. The maximum absolute atomic E-state index is 14.0. The second kappa shape index (κ2) is 10.5. The summed E-state index contributed by atoms with van der Waals surface area (Å²) in [5.74, 6) is -1.41. The Morgan fingerprint density at radius 3 is 2.35 bits per heavy atom. The van der Waals surface area contributed by atoms with Crippen molar-refractivity contribution in [2.75, 3.05) is 0 Å². The summed E-state index contributed by atoms with van der Waals surface area (Å²) in [5.41, 5.74) is 2.78. The average molecular weight is 580 g/mol. The molecule has 0 saturated heterocycles. The van der Waals surface area contributed by atoms with Crippen LogP contribution in [0, 0.1) is 11.3 Å². The highest BCUT2D eigenvalue weighted by atomic mass is 19.4. The Kier molecular flexibility index (Phi) is 6.77. The standard InChI is InChI=1S/C34H24F3N3O3/c35-34(36,37)28-6-2-4-22(16-28)20-40-14-11-25-17-26(24-5-1-3-21(15-24)19-38)18-29(30(25)40)31(41)39-33(12-13-33)27-9-7-23(8-10-27)32(42)43/h1-11,14-18H,12-13,20H2,(H,39,41)(H,42,43). The highest BCUT2D eigenvalue weighted by Crippen LogP contribution is 2.46. The van der Waals surface area contributed by atoms with E-state index in [0.717, 1.165) is 23.3 Å². The summed E-state index contributed by atoms with van der Waals surface area (Å²) in [4.78, 5) is 25.4. The van der Waals surface area contributed by atoms with Crippen molar-refractivity contribution in [1.29, 1.82) is 5.26 Å². The number of rotatable bonds is 7. The third-order valence-electron chi connectivity index (χ3n) is 7.82. The van der Waals surface area contributed by atoms with Gasteiger partial charge in [-0.1, -0.05) is 36.4 Å². The number of fused-ring (bicyclic) bond motifs is 1. The molecule has 1 aliphatic rings. The van der Waals surface area contributed by atoms with E-state index in [-0.39, 0.29) is 18.0 Å². The number of nitriles is 1. The van der Waals surface area contributed by atoms with Gasteiger partial charge in [0.25, 0.3) is 5.91 Å². The number of aromatic carboxylic acids is 1. The number of alkyl halides is 3. The third kappa shape index (κ3) is 5.47. The van der Waals surface area contributed by atoms with Gasteiger partial charge in [-0.2, -0.15) is 18.4 Å². The molecule has 1 aromatic heterocycles. The lowest BCUT2D eigenvalue weighted by Gasteiger charge is -2.20. The number of carbonyl (C=O) groups excluding carboxylic acids is 1. The first-order chi connectivity index (χ1) is 20.6. The largest absolute Gasteiger partial charge is 0.478 e. The van der Waals surface area contributed by atoms with E-state index in [0.29, 0.717) is 46.0 Å². The fraction of sp³-hybridized carbons (Fsp3) is 0.147. The van der Waals surface area contributed by atoms with Crippen molar-refractivity contribution in [2.45, 2.75) is 31.1 Å². The number of aromatic nitrogens is 1. The molecule has 1 fully saturated rings. The second-order valence-corrected chi connectivity index (χ2v) is 10.7. The number of carboxylic acid groups (broad SMARTS) is 1. The van der Waals surface area contributed by atoms with Crippen LogP contribution in [0.2, 0.25) is 0 Å². The molecule has 43 heavy (non-hydrogen) atoms. The van der Waals surface area contributed by atoms with E-state index >= 15 is 0 Å². The lowest BCUT2D eigenvalue weighted by atomic mass is 9.97. The number of hydrogen-bond donors (Lipinski definition) is 2. The SMILES string of the molecule is N#Cc1cccc(-c2cc(C(=O)NC3(c4ccc(C(=O)O)cc4)CC3)c3c(ccn3Cc3cccc(C(F)(F)F)c3)c2)c1. The van der Waals surface area contributed by atoms with E-state index in [1.807, 2.05) is 18.2 Å². The van der Waals surface area contributed by atoms with Gasteiger partial charge in [-0.3, -0.25) is 4.79 Å². The number of amides is 1. The Bertz CT molecular complexity index is 1930. The van der Waals surface area contributed by atoms with Crippen LogP contribution in [0.15, 0.2) is 97.2 Å². The minimum Gasteiger partial charge on any atom is -0.478 e. The maximum atomic E-state index is 14.0. The minimum absolute atomic E-state index is 0.110. The number of carbonyl (C=O) groups is 2. The molecule has 0 atom stereocenters. The molecule has 1 aliphatic carbocycles. The highest BCUT2D eigenvalue weighted by Gasteiger charge is 2.46. The maximum Gasteiger partial charge on any atom is 0.416 e. The van der Waals surface area contributed by atoms with Gasteiger partial charge in [0.05, 0.1) is 39.4 Å². The van der Waals surface area contributed by atoms with E-state index < -0.39 is 23.2 Å². The van der Waals surface area contributed by atoms with Crippen LogP contribution in [-0.4, -0.2) is 21.6 Å². The van der Waals surface area contributed by atoms with Crippen LogP contribution < -0.4 is 5.32 Å². The molecule has 1 heterocycles. The summed E-state index contributed by atoms with van der Waals surface area (Å²) in [6.07, 6.45) is -1.39. The van der Waals surface area contributed by atoms with Gasteiger partial charge >= 0.3 is 12.1 Å². The van der Waals surface area contributed by atoms with Crippen LogP contribution in [0.3, 0.4) is 0 Å². The van der Waals surface area contributed by atoms with Gasteiger partial charge in [-0.05, 0) is 89.7 Å². The van der Waals surface area contributed by atoms with Gasteiger partial charge in [-0.15, -0.1) is 0 Å². The zero-order valence-electron chi connectivity index (χ0n) is 22.7. The fourth-order valence-electron chi connectivity index (χ4n) is 5.46. The minimum atomic E-state index is -4.48. The summed E-state index contributed by atoms with van der Waals surface area (Å²) >= 11 is 0. The summed E-state index contributed by atoms with van der Waals surface area (Å²) in [6, 6.07) is 26.1. The van der Waals surface area contributed by atoms with Gasteiger partial charge < -0.3 is 15.0 Å². The van der Waals surface area contributed by atoms with Gasteiger partial charge in [0.2, 0.25) is 0 Å².